The van der Waals surface area contributed by atoms with Gasteiger partial charge in [0.1, 0.15) is 17.2 Å². The van der Waals surface area contributed by atoms with Gasteiger partial charge in [-0.2, -0.15) is 0 Å². The summed E-state index contributed by atoms with van der Waals surface area (Å²) in [4.78, 5) is 11.8. The fraction of sp³-hybridized carbons (Fsp3) is 0.533. The van der Waals surface area contributed by atoms with Gasteiger partial charge in [0.25, 0.3) is 0 Å². The third-order valence-electron chi connectivity index (χ3n) is 3.18. The molecule has 1 aromatic rings. The van der Waals surface area contributed by atoms with E-state index in [-0.39, 0.29) is 0 Å². The molecule has 1 aromatic carbocycles. The van der Waals surface area contributed by atoms with Crippen LogP contribution in [-0.2, 0) is 11.2 Å². The van der Waals surface area contributed by atoms with E-state index in [2.05, 4.69) is 5.32 Å². The Morgan fingerprint density at radius 1 is 1.35 bits per heavy atom. The highest BCUT2D eigenvalue weighted by atomic mass is 19.1. The largest absolute Gasteiger partial charge is 0.444 e. The van der Waals surface area contributed by atoms with Crippen molar-refractivity contribution in [3.8, 4) is 0 Å². The number of alkyl carbamates (subject to hydrolysis) is 1. The summed E-state index contributed by atoms with van der Waals surface area (Å²) in [5.74, 6) is -1.17. The molecule has 2 rings (SSSR count). The van der Waals surface area contributed by atoms with Crippen LogP contribution in [-0.4, -0.2) is 11.7 Å². The van der Waals surface area contributed by atoms with E-state index in [9.17, 15) is 13.6 Å². The fourth-order valence-electron chi connectivity index (χ4n) is 2.44. The summed E-state index contributed by atoms with van der Waals surface area (Å²) >= 11 is 0. The fourth-order valence-corrected chi connectivity index (χ4v) is 2.44. The number of fused-ring (bicyclic) bond motifs is 1. The summed E-state index contributed by atoms with van der Waals surface area (Å²) in [6.45, 7) is 5.29. The van der Waals surface area contributed by atoms with Crippen molar-refractivity contribution in [2.75, 3.05) is 0 Å². The van der Waals surface area contributed by atoms with Crippen LogP contribution in [0.4, 0.5) is 13.6 Å². The van der Waals surface area contributed by atoms with Crippen LogP contribution in [0.15, 0.2) is 12.1 Å². The first-order valence-corrected chi connectivity index (χ1v) is 6.73. The lowest BCUT2D eigenvalue weighted by molar-refractivity contribution is 0.0498. The normalized spacial score (nSPS) is 18.4. The number of halogens is 2. The summed E-state index contributed by atoms with van der Waals surface area (Å²) in [7, 11) is 0. The van der Waals surface area contributed by atoms with E-state index in [4.69, 9.17) is 4.74 Å². The van der Waals surface area contributed by atoms with Crippen LogP contribution in [0, 0.1) is 11.6 Å². The van der Waals surface area contributed by atoms with Crippen molar-refractivity contribution in [3.05, 3.63) is 34.9 Å². The zero-order valence-corrected chi connectivity index (χ0v) is 11.9. The van der Waals surface area contributed by atoms with Crippen LogP contribution in [0.25, 0.3) is 0 Å². The van der Waals surface area contributed by atoms with Crippen molar-refractivity contribution < 1.29 is 18.3 Å². The Balaban J connectivity index is 2.19. The molecule has 0 spiro atoms. The van der Waals surface area contributed by atoms with E-state index < -0.39 is 29.4 Å². The van der Waals surface area contributed by atoms with Gasteiger partial charge in [0.05, 0.1) is 6.04 Å². The summed E-state index contributed by atoms with van der Waals surface area (Å²) in [5.41, 5.74) is 0.396. The standard InChI is InChI=1S/C15H19F2NO2/c1-15(2,3)20-14(19)18-13-6-4-5-10-11(13)7-9(16)8-12(10)17/h7-8,13H,4-6H2,1-3H3,(H,18,19). The van der Waals surface area contributed by atoms with Crippen LogP contribution in [0.2, 0.25) is 0 Å². The van der Waals surface area contributed by atoms with Gasteiger partial charge in [0.2, 0.25) is 0 Å². The quantitative estimate of drug-likeness (QED) is 0.849. The molecule has 110 valence electrons. The number of ether oxygens (including phenoxy) is 1. The molecule has 1 unspecified atom stereocenters. The summed E-state index contributed by atoms with van der Waals surface area (Å²) in [6.07, 6.45) is 1.39. The molecule has 0 bridgehead atoms. The predicted molar refractivity (Wildman–Crippen MR) is 71.4 cm³/mol. The number of nitrogens with one attached hydrogen (secondary N) is 1. The van der Waals surface area contributed by atoms with Gasteiger partial charge in [-0.05, 0) is 57.2 Å². The Morgan fingerprint density at radius 2 is 2.05 bits per heavy atom. The third kappa shape index (κ3) is 3.46. The number of carbonyl (C=O) groups is 1. The first-order chi connectivity index (χ1) is 9.26. The van der Waals surface area contributed by atoms with Crippen molar-refractivity contribution >= 4 is 6.09 Å². The lowest BCUT2D eigenvalue weighted by Gasteiger charge is -2.28. The average Bonchev–Trinajstić information content (AvgIpc) is 2.27. The lowest BCUT2D eigenvalue weighted by atomic mass is 9.87. The maximum Gasteiger partial charge on any atom is 0.408 e. The van der Waals surface area contributed by atoms with Crippen molar-refractivity contribution in [2.45, 2.75) is 51.7 Å². The molecule has 0 saturated carbocycles. The Labute approximate surface area is 117 Å². The minimum absolute atomic E-state index is 0.404. The monoisotopic (exact) mass is 283 g/mol. The zero-order chi connectivity index (χ0) is 14.9. The van der Waals surface area contributed by atoms with Gasteiger partial charge >= 0.3 is 6.09 Å². The van der Waals surface area contributed by atoms with Crippen molar-refractivity contribution in [2.24, 2.45) is 0 Å². The molecule has 0 saturated heterocycles. The number of benzene rings is 1. The molecule has 1 aliphatic carbocycles. The maximum absolute atomic E-state index is 13.7. The van der Waals surface area contributed by atoms with Gasteiger partial charge < -0.3 is 10.1 Å². The van der Waals surface area contributed by atoms with E-state index in [1.165, 1.54) is 6.07 Å². The van der Waals surface area contributed by atoms with E-state index in [0.717, 1.165) is 12.5 Å². The second-order valence-corrected chi connectivity index (χ2v) is 6.05. The molecular weight excluding hydrogens is 264 g/mol. The van der Waals surface area contributed by atoms with Crippen LogP contribution in [0.3, 0.4) is 0 Å². The molecule has 0 aromatic heterocycles. The van der Waals surface area contributed by atoms with E-state index in [1.54, 1.807) is 20.8 Å². The van der Waals surface area contributed by atoms with Crippen LogP contribution >= 0.6 is 0 Å². The number of rotatable bonds is 1. The maximum atomic E-state index is 13.7. The topological polar surface area (TPSA) is 38.3 Å². The molecule has 20 heavy (non-hydrogen) atoms. The average molecular weight is 283 g/mol. The van der Waals surface area contributed by atoms with Gasteiger partial charge in [0.15, 0.2) is 0 Å². The highest BCUT2D eigenvalue weighted by molar-refractivity contribution is 5.68. The molecule has 0 radical (unpaired) electrons. The van der Waals surface area contributed by atoms with Gasteiger partial charge in [-0.1, -0.05) is 0 Å². The second kappa shape index (κ2) is 5.38. The van der Waals surface area contributed by atoms with Crippen LogP contribution in [0.5, 0.6) is 0 Å². The number of carbonyl (C=O) groups excluding carboxylic acids is 1. The van der Waals surface area contributed by atoms with Crippen molar-refractivity contribution in [3.63, 3.8) is 0 Å². The van der Waals surface area contributed by atoms with Gasteiger partial charge in [-0.3, -0.25) is 0 Å². The molecule has 1 atom stereocenters. The molecule has 1 N–H and O–H groups in total. The van der Waals surface area contributed by atoms with Gasteiger partial charge in [-0.15, -0.1) is 0 Å². The third-order valence-corrected chi connectivity index (χ3v) is 3.18. The predicted octanol–water partition coefficient (Wildman–Crippen LogP) is 3.87. The second-order valence-electron chi connectivity index (χ2n) is 6.05. The number of hydrogen-bond acceptors (Lipinski definition) is 2. The van der Waals surface area contributed by atoms with Gasteiger partial charge in [0, 0.05) is 6.07 Å². The minimum atomic E-state index is -0.626. The Bertz CT molecular complexity index is 523. The van der Waals surface area contributed by atoms with Crippen LogP contribution < -0.4 is 5.32 Å². The van der Waals surface area contributed by atoms with Crippen molar-refractivity contribution in [1.29, 1.82) is 0 Å². The molecule has 3 nitrogen and oxygen atoms in total. The van der Waals surface area contributed by atoms with E-state index in [1.807, 2.05) is 0 Å². The number of hydrogen-bond donors (Lipinski definition) is 1. The SMILES string of the molecule is CC(C)(C)OC(=O)NC1CCCc2c(F)cc(F)cc21. The van der Waals surface area contributed by atoms with Gasteiger partial charge in [-0.25, -0.2) is 13.6 Å². The summed E-state index contributed by atoms with van der Waals surface area (Å²) < 4.78 is 32.3. The lowest BCUT2D eigenvalue weighted by Crippen LogP contribution is -2.36. The smallest absolute Gasteiger partial charge is 0.408 e. The highest BCUT2D eigenvalue weighted by Gasteiger charge is 2.26. The summed E-state index contributed by atoms with van der Waals surface area (Å²) in [6, 6.07) is 1.77. The minimum Gasteiger partial charge on any atom is -0.444 e. The molecular formula is C15H19F2NO2. The summed E-state index contributed by atoms with van der Waals surface area (Å²) in [5, 5.41) is 2.69. The first kappa shape index (κ1) is 14.8. The number of amides is 1. The molecule has 0 aliphatic heterocycles. The Morgan fingerprint density at radius 3 is 2.70 bits per heavy atom. The Hall–Kier alpha value is -1.65. The van der Waals surface area contributed by atoms with Crippen LogP contribution in [0.1, 0.15) is 50.8 Å². The molecule has 0 heterocycles. The van der Waals surface area contributed by atoms with E-state index >= 15 is 0 Å². The Kier molecular flexibility index (Phi) is 3.97. The molecule has 5 heteroatoms. The molecule has 1 amide bonds. The zero-order valence-electron chi connectivity index (χ0n) is 11.9. The van der Waals surface area contributed by atoms with Crippen molar-refractivity contribution in [1.82, 2.24) is 5.32 Å². The molecule has 1 aliphatic rings. The molecule has 0 fully saturated rings. The highest BCUT2D eigenvalue weighted by Crippen LogP contribution is 2.32. The first-order valence-electron chi connectivity index (χ1n) is 6.73. The van der Waals surface area contributed by atoms with E-state index in [0.29, 0.717) is 24.0 Å².